The molecule has 0 spiro atoms. The average Bonchev–Trinajstić information content (AvgIpc) is 2.60. The number of para-hydroxylation sites is 1. The monoisotopic (exact) mass is 334 g/mol. The fraction of sp³-hybridized carbons (Fsp3) is 0.529. The van der Waals surface area contributed by atoms with Crippen molar-refractivity contribution in [3.05, 3.63) is 30.3 Å². The van der Waals surface area contributed by atoms with E-state index in [-0.39, 0.29) is 24.1 Å². The molecule has 1 aromatic rings. The van der Waals surface area contributed by atoms with Gasteiger partial charge in [0.05, 0.1) is 12.5 Å². The fourth-order valence-electron chi connectivity index (χ4n) is 2.73. The Hall–Kier alpha value is -2.12. The number of anilines is 1. The molecule has 1 heterocycles. The summed E-state index contributed by atoms with van der Waals surface area (Å²) in [5, 5.41) is 5.76. The Labute approximate surface area is 142 Å². The highest BCUT2D eigenvalue weighted by Gasteiger charge is 2.25. The first-order valence-electron chi connectivity index (χ1n) is 8.25. The molecule has 1 saturated heterocycles. The minimum Gasteiger partial charge on any atom is -0.380 e. The van der Waals surface area contributed by atoms with E-state index in [1.54, 1.807) is 7.11 Å². The first-order valence-corrected chi connectivity index (χ1v) is 8.25. The van der Waals surface area contributed by atoms with E-state index in [4.69, 9.17) is 10.5 Å². The molecule has 1 fully saturated rings. The molecule has 1 aromatic carbocycles. The zero-order valence-electron chi connectivity index (χ0n) is 14.0. The van der Waals surface area contributed by atoms with E-state index in [2.05, 4.69) is 10.6 Å². The van der Waals surface area contributed by atoms with Crippen LogP contribution in [-0.2, 0) is 9.53 Å². The summed E-state index contributed by atoms with van der Waals surface area (Å²) in [6.45, 7) is 1.60. The number of nitrogens with zero attached hydrogens (tertiary/aromatic N) is 1. The molecule has 1 unspecified atom stereocenters. The number of nitrogens with one attached hydrogen (secondary N) is 2. The van der Waals surface area contributed by atoms with E-state index < -0.39 is 0 Å². The summed E-state index contributed by atoms with van der Waals surface area (Å²) in [5.74, 6) is 0.0551. The Morgan fingerprint density at radius 3 is 2.54 bits per heavy atom. The second-order valence-electron chi connectivity index (χ2n) is 5.92. The van der Waals surface area contributed by atoms with Gasteiger partial charge in [0.1, 0.15) is 0 Å². The minimum absolute atomic E-state index is 0.0551. The highest BCUT2D eigenvalue weighted by molar-refractivity contribution is 5.89. The Kier molecular flexibility index (Phi) is 7.02. The zero-order valence-corrected chi connectivity index (χ0v) is 14.0. The molecule has 0 radical (unpaired) electrons. The van der Waals surface area contributed by atoms with Crippen LogP contribution in [0.5, 0.6) is 0 Å². The number of amides is 3. The van der Waals surface area contributed by atoms with Gasteiger partial charge in [-0.2, -0.15) is 0 Å². The van der Waals surface area contributed by atoms with E-state index in [1.807, 2.05) is 35.2 Å². The number of hydrogen-bond acceptors (Lipinski definition) is 4. The third-order valence-electron chi connectivity index (χ3n) is 4.21. The van der Waals surface area contributed by atoms with Crippen LogP contribution < -0.4 is 16.4 Å². The second kappa shape index (κ2) is 9.24. The molecule has 2 rings (SSSR count). The van der Waals surface area contributed by atoms with Crippen LogP contribution in [0.3, 0.4) is 0 Å². The molecule has 0 aromatic heterocycles. The summed E-state index contributed by atoms with van der Waals surface area (Å²) in [5.41, 5.74) is 6.31. The third kappa shape index (κ3) is 5.50. The topological polar surface area (TPSA) is 96.7 Å². The molecule has 1 aliphatic rings. The maximum absolute atomic E-state index is 12.2. The smallest absolute Gasteiger partial charge is 0.319 e. The number of nitrogens with two attached hydrogens (primary N) is 1. The van der Waals surface area contributed by atoms with Crippen molar-refractivity contribution in [3.8, 4) is 0 Å². The van der Waals surface area contributed by atoms with Gasteiger partial charge in [-0.25, -0.2) is 4.79 Å². The van der Waals surface area contributed by atoms with Gasteiger partial charge in [0.25, 0.3) is 0 Å². The molecular formula is C17H26N4O3. The Morgan fingerprint density at radius 2 is 1.96 bits per heavy atom. The maximum atomic E-state index is 12.2. The lowest BCUT2D eigenvalue weighted by Gasteiger charge is -2.33. The number of benzene rings is 1. The summed E-state index contributed by atoms with van der Waals surface area (Å²) < 4.78 is 5.15. The van der Waals surface area contributed by atoms with Crippen molar-refractivity contribution >= 4 is 17.6 Å². The van der Waals surface area contributed by atoms with Gasteiger partial charge in [0.15, 0.2) is 0 Å². The second-order valence-corrected chi connectivity index (χ2v) is 5.92. The lowest BCUT2D eigenvalue weighted by molar-refractivity contribution is -0.134. The molecule has 4 N–H and O–H groups in total. The maximum Gasteiger partial charge on any atom is 0.319 e. The van der Waals surface area contributed by atoms with Crippen LogP contribution in [0.4, 0.5) is 10.5 Å². The van der Waals surface area contributed by atoms with E-state index in [1.165, 1.54) is 0 Å². The largest absolute Gasteiger partial charge is 0.380 e. The van der Waals surface area contributed by atoms with Crippen LogP contribution in [-0.4, -0.2) is 55.7 Å². The molecule has 132 valence electrons. The van der Waals surface area contributed by atoms with Gasteiger partial charge in [0, 0.05) is 38.5 Å². The van der Waals surface area contributed by atoms with Crippen molar-refractivity contribution in [2.24, 2.45) is 5.73 Å². The van der Waals surface area contributed by atoms with E-state index in [0.29, 0.717) is 26.1 Å². The van der Waals surface area contributed by atoms with Crippen LogP contribution in [0.15, 0.2) is 30.3 Å². The number of methoxy groups -OCH3 is 1. The van der Waals surface area contributed by atoms with E-state index in [9.17, 15) is 9.59 Å². The molecule has 7 heteroatoms. The molecule has 0 aliphatic carbocycles. The third-order valence-corrected chi connectivity index (χ3v) is 4.21. The van der Waals surface area contributed by atoms with Crippen molar-refractivity contribution in [1.29, 1.82) is 0 Å². The summed E-state index contributed by atoms with van der Waals surface area (Å²) >= 11 is 0. The molecule has 0 bridgehead atoms. The standard InChI is InChI=1S/C17H26N4O3/c1-24-15(12-18)11-16(22)21-9-7-14(8-10-21)20-17(23)19-13-5-3-2-4-6-13/h2-6,14-15H,7-12,18H2,1H3,(H2,19,20,23). The van der Waals surface area contributed by atoms with Crippen molar-refractivity contribution in [2.75, 3.05) is 32.1 Å². The van der Waals surface area contributed by atoms with Crippen LogP contribution in [0, 0.1) is 0 Å². The predicted octanol–water partition coefficient (Wildman–Crippen LogP) is 1.16. The van der Waals surface area contributed by atoms with Gasteiger partial charge in [-0.3, -0.25) is 4.79 Å². The Bertz CT molecular complexity index is 526. The number of rotatable bonds is 6. The van der Waals surface area contributed by atoms with Crippen LogP contribution >= 0.6 is 0 Å². The van der Waals surface area contributed by atoms with Gasteiger partial charge >= 0.3 is 6.03 Å². The van der Waals surface area contributed by atoms with Crippen LogP contribution in [0.25, 0.3) is 0 Å². The van der Waals surface area contributed by atoms with Crippen molar-refractivity contribution in [1.82, 2.24) is 10.2 Å². The predicted molar refractivity (Wildman–Crippen MR) is 92.7 cm³/mol. The van der Waals surface area contributed by atoms with Crippen LogP contribution in [0.2, 0.25) is 0 Å². The van der Waals surface area contributed by atoms with Gasteiger partial charge in [-0.15, -0.1) is 0 Å². The van der Waals surface area contributed by atoms with Gasteiger partial charge < -0.3 is 26.0 Å². The number of ether oxygens (including phenoxy) is 1. The van der Waals surface area contributed by atoms with Gasteiger partial charge in [-0.05, 0) is 25.0 Å². The minimum atomic E-state index is -0.231. The molecule has 1 aliphatic heterocycles. The number of likely N-dealkylation sites (tertiary alicyclic amines) is 1. The normalized spacial score (nSPS) is 16.5. The summed E-state index contributed by atoms with van der Waals surface area (Å²) in [6, 6.07) is 9.17. The highest BCUT2D eigenvalue weighted by atomic mass is 16.5. The lowest BCUT2D eigenvalue weighted by atomic mass is 10.0. The molecule has 1 atom stereocenters. The fourth-order valence-corrected chi connectivity index (χ4v) is 2.73. The van der Waals surface area contributed by atoms with E-state index in [0.717, 1.165) is 18.5 Å². The number of urea groups is 1. The number of carbonyl (C=O) groups is 2. The molecule has 3 amide bonds. The molecule has 7 nitrogen and oxygen atoms in total. The highest BCUT2D eigenvalue weighted by Crippen LogP contribution is 2.13. The van der Waals surface area contributed by atoms with Crippen molar-refractivity contribution in [2.45, 2.75) is 31.4 Å². The first kappa shape index (κ1) is 18.2. The number of hydrogen-bond donors (Lipinski definition) is 3. The Morgan fingerprint density at radius 1 is 1.29 bits per heavy atom. The van der Waals surface area contributed by atoms with Gasteiger partial charge in [0.2, 0.25) is 5.91 Å². The van der Waals surface area contributed by atoms with E-state index >= 15 is 0 Å². The quantitative estimate of drug-likeness (QED) is 0.727. The van der Waals surface area contributed by atoms with Gasteiger partial charge in [-0.1, -0.05) is 18.2 Å². The average molecular weight is 334 g/mol. The zero-order chi connectivity index (χ0) is 17.4. The molecular weight excluding hydrogens is 308 g/mol. The summed E-state index contributed by atoms with van der Waals surface area (Å²) in [7, 11) is 1.56. The summed E-state index contributed by atoms with van der Waals surface area (Å²) in [6.07, 6.45) is 1.56. The SMILES string of the molecule is COC(CN)CC(=O)N1CCC(NC(=O)Nc2ccccc2)CC1. The molecule has 0 saturated carbocycles. The molecule has 24 heavy (non-hydrogen) atoms. The van der Waals surface area contributed by atoms with Crippen molar-refractivity contribution in [3.63, 3.8) is 0 Å². The van der Waals surface area contributed by atoms with Crippen LogP contribution in [0.1, 0.15) is 19.3 Å². The lowest BCUT2D eigenvalue weighted by Crippen LogP contribution is -2.48. The number of carbonyl (C=O) groups excluding carboxylic acids is 2. The first-order chi connectivity index (χ1) is 11.6. The summed E-state index contributed by atoms with van der Waals surface area (Å²) in [4.78, 5) is 26.0. The number of piperidine rings is 1. The Balaban J connectivity index is 1.72. The van der Waals surface area contributed by atoms with Crippen molar-refractivity contribution < 1.29 is 14.3 Å².